The first-order chi connectivity index (χ1) is 9.99. The summed E-state index contributed by atoms with van der Waals surface area (Å²) in [7, 11) is 0. The predicted molar refractivity (Wildman–Crippen MR) is 80.3 cm³/mol. The van der Waals surface area contributed by atoms with Gasteiger partial charge in [-0.25, -0.2) is 8.78 Å². The van der Waals surface area contributed by atoms with Gasteiger partial charge in [0.25, 0.3) is 0 Å². The maximum absolute atomic E-state index is 13.5. The van der Waals surface area contributed by atoms with Crippen LogP contribution in [0.4, 0.5) is 14.5 Å². The standard InChI is InChI=1S/C14H12BrF2N3O/c15-12-2-1-11(6-13(12)17)19-7-8-3-9(14(18)20-21)5-10(16)4-8/h1-6,19,21H,7H2,(H2,18,20). The lowest BCUT2D eigenvalue weighted by molar-refractivity contribution is 0.318. The quantitative estimate of drug-likeness (QED) is 0.340. The van der Waals surface area contributed by atoms with Crippen LogP contribution in [0, 0.1) is 11.6 Å². The molecular weight excluding hydrogens is 344 g/mol. The summed E-state index contributed by atoms with van der Waals surface area (Å²) in [5.74, 6) is -1.07. The van der Waals surface area contributed by atoms with Crippen LogP contribution in [0.15, 0.2) is 46.0 Å². The first-order valence-corrected chi connectivity index (χ1v) is 6.75. The summed E-state index contributed by atoms with van der Waals surface area (Å²) < 4.78 is 27.2. The van der Waals surface area contributed by atoms with Crippen molar-refractivity contribution in [1.29, 1.82) is 0 Å². The second kappa shape index (κ2) is 6.53. The van der Waals surface area contributed by atoms with Crippen molar-refractivity contribution in [3.05, 3.63) is 63.6 Å². The van der Waals surface area contributed by atoms with Crippen molar-refractivity contribution in [3.63, 3.8) is 0 Å². The Morgan fingerprint density at radius 2 is 2.00 bits per heavy atom. The Morgan fingerprint density at radius 3 is 2.67 bits per heavy atom. The van der Waals surface area contributed by atoms with Crippen LogP contribution in [0.2, 0.25) is 0 Å². The number of oxime groups is 1. The lowest BCUT2D eigenvalue weighted by Gasteiger charge is -2.09. The van der Waals surface area contributed by atoms with E-state index in [0.29, 0.717) is 15.7 Å². The van der Waals surface area contributed by atoms with E-state index in [1.807, 2.05) is 0 Å². The first-order valence-electron chi connectivity index (χ1n) is 5.96. The topological polar surface area (TPSA) is 70.6 Å². The summed E-state index contributed by atoms with van der Waals surface area (Å²) in [6.07, 6.45) is 0. The summed E-state index contributed by atoms with van der Waals surface area (Å²) >= 11 is 3.07. The fourth-order valence-electron chi connectivity index (χ4n) is 1.77. The predicted octanol–water partition coefficient (Wildman–Crippen LogP) is 3.43. The molecule has 0 aromatic heterocycles. The van der Waals surface area contributed by atoms with E-state index in [4.69, 9.17) is 10.9 Å². The monoisotopic (exact) mass is 355 g/mol. The molecule has 7 heteroatoms. The lowest BCUT2D eigenvalue weighted by Crippen LogP contribution is -2.14. The molecule has 2 aromatic carbocycles. The van der Waals surface area contributed by atoms with Crippen molar-refractivity contribution in [2.24, 2.45) is 10.9 Å². The molecule has 2 rings (SSSR count). The number of rotatable bonds is 4. The van der Waals surface area contributed by atoms with Gasteiger partial charge in [0.15, 0.2) is 5.84 Å². The van der Waals surface area contributed by atoms with E-state index in [2.05, 4.69) is 26.4 Å². The van der Waals surface area contributed by atoms with Crippen molar-refractivity contribution in [2.75, 3.05) is 5.32 Å². The molecule has 0 aliphatic carbocycles. The number of amidine groups is 1. The molecule has 0 atom stereocenters. The van der Waals surface area contributed by atoms with Crippen molar-refractivity contribution < 1.29 is 14.0 Å². The van der Waals surface area contributed by atoms with E-state index in [1.54, 1.807) is 18.2 Å². The van der Waals surface area contributed by atoms with Gasteiger partial charge in [0.05, 0.1) is 4.47 Å². The second-order valence-corrected chi connectivity index (χ2v) is 5.17. The lowest BCUT2D eigenvalue weighted by atomic mass is 10.1. The molecule has 4 N–H and O–H groups in total. The second-order valence-electron chi connectivity index (χ2n) is 4.32. The number of anilines is 1. The Morgan fingerprint density at radius 1 is 1.24 bits per heavy atom. The number of hydrogen-bond donors (Lipinski definition) is 3. The van der Waals surface area contributed by atoms with Crippen molar-refractivity contribution in [1.82, 2.24) is 0 Å². The van der Waals surface area contributed by atoms with Crippen LogP contribution >= 0.6 is 15.9 Å². The number of benzene rings is 2. The first kappa shape index (κ1) is 15.2. The van der Waals surface area contributed by atoms with Gasteiger partial charge in [0, 0.05) is 17.8 Å². The zero-order valence-electron chi connectivity index (χ0n) is 10.8. The number of halogens is 3. The van der Waals surface area contributed by atoms with Crippen LogP contribution in [-0.2, 0) is 6.54 Å². The average molecular weight is 356 g/mol. The van der Waals surface area contributed by atoms with Gasteiger partial charge in [0.1, 0.15) is 11.6 Å². The molecule has 4 nitrogen and oxygen atoms in total. The highest BCUT2D eigenvalue weighted by atomic mass is 79.9. The Balaban J connectivity index is 2.16. The highest BCUT2D eigenvalue weighted by molar-refractivity contribution is 9.10. The number of nitrogens with zero attached hydrogens (tertiary/aromatic N) is 1. The number of nitrogens with one attached hydrogen (secondary N) is 1. The fraction of sp³-hybridized carbons (Fsp3) is 0.0714. The molecule has 0 heterocycles. The zero-order valence-corrected chi connectivity index (χ0v) is 12.4. The molecule has 21 heavy (non-hydrogen) atoms. The minimum absolute atomic E-state index is 0.176. The van der Waals surface area contributed by atoms with Gasteiger partial charge in [-0.3, -0.25) is 0 Å². The van der Waals surface area contributed by atoms with Crippen molar-refractivity contribution in [3.8, 4) is 0 Å². The third-order valence-corrected chi connectivity index (χ3v) is 3.42. The van der Waals surface area contributed by atoms with Gasteiger partial charge in [-0.2, -0.15) is 0 Å². The number of hydrogen-bond acceptors (Lipinski definition) is 3. The molecule has 0 radical (unpaired) electrons. The average Bonchev–Trinajstić information content (AvgIpc) is 2.47. The number of nitrogens with two attached hydrogens (primary N) is 1. The molecule has 0 fully saturated rings. The van der Waals surface area contributed by atoms with Gasteiger partial charge in [-0.15, -0.1) is 0 Å². The van der Waals surface area contributed by atoms with Gasteiger partial charge in [-0.05, 0) is 57.9 Å². The summed E-state index contributed by atoms with van der Waals surface area (Å²) in [6.45, 7) is 0.268. The van der Waals surface area contributed by atoms with E-state index >= 15 is 0 Å². The largest absolute Gasteiger partial charge is 0.409 e. The normalized spacial score (nSPS) is 11.5. The van der Waals surface area contributed by atoms with Crippen LogP contribution in [0.25, 0.3) is 0 Å². The van der Waals surface area contributed by atoms with Gasteiger partial charge in [-0.1, -0.05) is 5.16 Å². The highest BCUT2D eigenvalue weighted by Gasteiger charge is 2.06. The molecule has 110 valence electrons. The Kier molecular flexibility index (Phi) is 4.74. The fourth-order valence-corrected chi connectivity index (χ4v) is 2.01. The Labute approximate surface area is 128 Å². The van der Waals surface area contributed by atoms with Crippen LogP contribution < -0.4 is 11.1 Å². The van der Waals surface area contributed by atoms with E-state index in [0.717, 1.165) is 6.07 Å². The maximum atomic E-state index is 13.5. The Hall–Kier alpha value is -2.15. The minimum Gasteiger partial charge on any atom is -0.409 e. The highest BCUT2D eigenvalue weighted by Crippen LogP contribution is 2.20. The summed E-state index contributed by atoms with van der Waals surface area (Å²) in [5, 5.41) is 14.4. The molecule has 2 aromatic rings. The van der Waals surface area contributed by atoms with E-state index in [1.165, 1.54) is 12.1 Å². The van der Waals surface area contributed by atoms with E-state index < -0.39 is 11.6 Å². The molecule has 0 spiro atoms. The molecule has 0 aliphatic rings. The third kappa shape index (κ3) is 3.91. The smallest absolute Gasteiger partial charge is 0.170 e. The summed E-state index contributed by atoms with van der Waals surface area (Å²) in [6, 6.07) is 8.66. The Bertz CT molecular complexity index is 692. The maximum Gasteiger partial charge on any atom is 0.170 e. The van der Waals surface area contributed by atoms with Crippen LogP contribution in [0.3, 0.4) is 0 Å². The van der Waals surface area contributed by atoms with Gasteiger partial charge < -0.3 is 16.3 Å². The minimum atomic E-state index is -0.502. The SMILES string of the molecule is N/C(=N/O)c1cc(F)cc(CNc2ccc(Br)c(F)c2)c1. The van der Waals surface area contributed by atoms with Crippen LogP contribution in [0.5, 0.6) is 0 Å². The molecule has 0 bridgehead atoms. The van der Waals surface area contributed by atoms with Gasteiger partial charge in [0.2, 0.25) is 0 Å². The molecule has 0 saturated heterocycles. The third-order valence-electron chi connectivity index (χ3n) is 2.78. The van der Waals surface area contributed by atoms with Crippen LogP contribution in [-0.4, -0.2) is 11.0 Å². The molecular formula is C14H12BrF2N3O. The summed E-state index contributed by atoms with van der Waals surface area (Å²) in [4.78, 5) is 0. The molecule has 0 unspecified atom stereocenters. The van der Waals surface area contributed by atoms with Gasteiger partial charge >= 0.3 is 0 Å². The molecule has 0 saturated carbocycles. The molecule has 0 amide bonds. The van der Waals surface area contributed by atoms with E-state index in [-0.39, 0.29) is 17.9 Å². The van der Waals surface area contributed by atoms with E-state index in [9.17, 15) is 8.78 Å². The summed E-state index contributed by atoms with van der Waals surface area (Å²) in [5.41, 5.74) is 6.85. The molecule has 0 aliphatic heterocycles. The van der Waals surface area contributed by atoms with Crippen molar-refractivity contribution >= 4 is 27.5 Å². The zero-order chi connectivity index (χ0) is 15.4. The van der Waals surface area contributed by atoms with Crippen molar-refractivity contribution in [2.45, 2.75) is 6.54 Å². The van der Waals surface area contributed by atoms with Crippen LogP contribution in [0.1, 0.15) is 11.1 Å².